The molecule has 0 aliphatic rings. The van der Waals surface area contributed by atoms with E-state index in [0.717, 1.165) is 24.5 Å². The maximum atomic E-state index is 5.75. The van der Waals surface area contributed by atoms with Crippen LogP contribution in [0.25, 0.3) is 0 Å². The lowest BCUT2D eigenvalue weighted by Gasteiger charge is -2.18. The van der Waals surface area contributed by atoms with Gasteiger partial charge in [0.2, 0.25) is 0 Å². The summed E-state index contributed by atoms with van der Waals surface area (Å²) in [5.74, 6) is 0.874. The quantitative estimate of drug-likeness (QED) is 0.738. The third-order valence-corrected chi connectivity index (χ3v) is 1.74. The van der Waals surface area contributed by atoms with Gasteiger partial charge in [-0.3, -0.25) is 0 Å². The summed E-state index contributed by atoms with van der Waals surface area (Å²) in [4.78, 5) is 6.26. The zero-order valence-electron chi connectivity index (χ0n) is 7.62. The van der Waals surface area contributed by atoms with Gasteiger partial charge in [-0.05, 0) is 18.6 Å². The second kappa shape index (κ2) is 3.95. The highest BCUT2D eigenvalue weighted by molar-refractivity contribution is 5.61. The Balaban J connectivity index is 2.79. The Morgan fingerprint density at radius 2 is 2.33 bits per heavy atom. The van der Waals surface area contributed by atoms with Crippen LogP contribution in [0.4, 0.5) is 11.5 Å². The molecule has 1 aromatic heterocycles. The molecule has 1 aromatic rings. The Hall–Kier alpha value is -1.25. The first kappa shape index (κ1) is 8.84. The van der Waals surface area contributed by atoms with Crippen molar-refractivity contribution in [1.29, 1.82) is 0 Å². The summed E-state index contributed by atoms with van der Waals surface area (Å²) in [6, 6.07) is 3.72. The summed E-state index contributed by atoms with van der Waals surface area (Å²) < 4.78 is 0. The summed E-state index contributed by atoms with van der Waals surface area (Å²) >= 11 is 0. The van der Waals surface area contributed by atoms with Gasteiger partial charge in [0.15, 0.2) is 5.82 Å². The van der Waals surface area contributed by atoms with E-state index in [1.54, 1.807) is 6.20 Å². The normalized spacial score (nSPS) is 9.83. The number of rotatable bonds is 3. The lowest BCUT2D eigenvalue weighted by Crippen LogP contribution is -2.20. The van der Waals surface area contributed by atoms with E-state index in [4.69, 9.17) is 5.73 Å². The summed E-state index contributed by atoms with van der Waals surface area (Å²) in [5, 5.41) is 0. The number of anilines is 2. The highest BCUT2D eigenvalue weighted by Crippen LogP contribution is 2.17. The number of nitrogen functional groups attached to an aromatic ring is 1. The van der Waals surface area contributed by atoms with Crippen LogP contribution in [0.3, 0.4) is 0 Å². The molecule has 2 N–H and O–H groups in total. The maximum absolute atomic E-state index is 5.75. The fourth-order valence-corrected chi connectivity index (χ4v) is 1.17. The second-order valence-electron chi connectivity index (χ2n) is 2.84. The first-order valence-corrected chi connectivity index (χ1v) is 4.17. The second-order valence-corrected chi connectivity index (χ2v) is 2.84. The van der Waals surface area contributed by atoms with Crippen LogP contribution in [0.5, 0.6) is 0 Å². The van der Waals surface area contributed by atoms with Crippen molar-refractivity contribution in [3.63, 3.8) is 0 Å². The molecule has 1 rings (SSSR count). The van der Waals surface area contributed by atoms with Crippen molar-refractivity contribution in [3.05, 3.63) is 18.3 Å². The van der Waals surface area contributed by atoms with Gasteiger partial charge in [-0.2, -0.15) is 0 Å². The van der Waals surface area contributed by atoms with Crippen LogP contribution in [0.2, 0.25) is 0 Å². The SMILES string of the molecule is CCCN(C)c1ncccc1N. The first-order chi connectivity index (χ1) is 5.75. The van der Waals surface area contributed by atoms with E-state index >= 15 is 0 Å². The lowest BCUT2D eigenvalue weighted by molar-refractivity contribution is 0.839. The van der Waals surface area contributed by atoms with E-state index in [0.29, 0.717) is 0 Å². The maximum Gasteiger partial charge on any atom is 0.151 e. The molecule has 0 amide bonds. The molecule has 0 unspecified atom stereocenters. The molecule has 0 bridgehead atoms. The number of aromatic nitrogens is 1. The number of hydrogen-bond donors (Lipinski definition) is 1. The fraction of sp³-hybridized carbons (Fsp3) is 0.444. The molecule has 0 saturated carbocycles. The van der Waals surface area contributed by atoms with Crippen LogP contribution in [-0.2, 0) is 0 Å². The largest absolute Gasteiger partial charge is 0.396 e. The fourth-order valence-electron chi connectivity index (χ4n) is 1.17. The van der Waals surface area contributed by atoms with Gasteiger partial charge in [-0.1, -0.05) is 6.92 Å². The van der Waals surface area contributed by atoms with Crippen molar-refractivity contribution in [2.45, 2.75) is 13.3 Å². The van der Waals surface area contributed by atoms with E-state index < -0.39 is 0 Å². The van der Waals surface area contributed by atoms with Gasteiger partial charge in [-0.15, -0.1) is 0 Å². The molecule has 0 saturated heterocycles. The molecule has 0 aliphatic heterocycles. The minimum Gasteiger partial charge on any atom is -0.396 e. The standard InChI is InChI=1S/C9H15N3/c1-3-7-12(2)9-8(10)5-4-6-11-9/h4-6H,3,7,10H2,1-2H3. The van der Waals surface area contributed by atoms with Crippen molar-refractivity contribution in [1.82, 2.24) is 4.98 Å². The number of hydrogen-bond acceptors (Lipinski definition) is 3. The van der Waals surface area contributed by atoms with Crippen LogP contribution in [-0.4, -0.2) is 18.6 Å². The molecule has 12 heavy (non-hydrogen) atoms. The van der Waals surface area contributed by atoms with E-state index in [1.807, 2.05) is 19.2 Å². The molecule has 0 atom stereocenters. The van der Waals surface area contributed by atoms with Gasteiger partial charge in [0.1, 0.15) is 0 Å². The monoisotopic (exact) mass is 165 g/mol. The Morgan fingerprint density at radius 1 is 1.58 bits per heavy atom. The zero-order valence-corrected chi connectivity index (χ0v) is 7.62. The molecule has 0 aromatic carbocycles. The first-order valence-electron chi connectivity index (χ1n) is 4.17. The Labute approximate surface area is 73.2 Å². The smallest absolute Gasteiger partial charge is 0.151 e. The topological polar surface area (TPSA) is 42.2 Å². The van der Waals surface area contributed by atoms with Crippen LogP contribution >= 0.6 is 0 Å². The molecule has 0 fully saturated rings. The molecule has 66 valence electrons. The molecular formula is C9H15N3. The van der Waals surface area contributed by atoms with Gasteiger partial charge in [-0.25, -0.2) is 4.98 Å². The number of nitrogens with two attached hydrogens (primary N) is 1. The van der Waals surface area contributed by atoms with Crippen LogP contribution in [0, 0.1) is 0 Å². The van der Waals surface area contributed by atoms with Gasteiger partial charge in [0.05, 0.1) is 5.69 Å². The molecule has 1 heterocycles. The highest BCUT2D eigenvalue weighted by Gasteiger charge is 2.03. The van der Waals surface area contributed by atoms with Crippen molar-refractivity contribution < 1.29 is 0 Å². The molecular weight excluding hydrogens is 150 g/mol. The average molecular weight is 165 g/mol. The molecule has 0 spiro atoms. The summed E-state index contributed by atoms with van der Waals surface area (Å²) in [7, 11) is 2.00. The Morgan fingerprint density at radius 3 is 2.92 bits per heavy atom. The van der Waals surface area contributed by atoms with Gasteiger partial charge >= 0.3 is 0 Å². The van der Waals surface area contributed by atoms with Crippen molar-refractivity contribution >= 4 is 11.5 Å². The van der Waals surface area contributed by atoms with Crippen molar-refractivity contribution in [2.24, 2.45) is 0 Å². The van der Waals surface area contributed by atoms with Gasteiger partial charge < -0.3 is 10.6 Å². The summed E-state index contributed by atoms with van der Waals surface area (Å²) in [6.45, 7) is 3.12. The van der Waals surface area contributed by atoms with Gasteiger partial charge in [0, 0.05) is 19.8 Å². The molecule has 3 heteroatoms. The lowest BCUT2D eigenvalue weighted by atomic mass is 10.3. The minimum absolute atomic E-state index is 0.744. The highest BCUT2D eigenvalue weighted by atomic mass is 15.2. The number of nitrogens with zero attached hydrogens (tertiary/aromatic N) is 2. The van der Waals surface area contributed by atoms with Gasteiger partial charge in [0.25, 0.3) is 0 Å². The zero-order chi connectivity index (χ0) is 8.97. The molecule has 0 radical (unpaired) electrons. The summed E-state index contributed by atoms with van der Waals surface area (Å²) in [5.41, 5.74) is 6.49. The minimum atomic E-state index is 0.744. The van der Waals surface area contributed by atoms with E-state index in [1.165, 1.54) is 0 Å². The average Bonchev–Trinajstić information content (AvgIpc) is 2.05. The third kappa shape index (κ3) is 1.87. The van der Waals surface area contributed by atoms with Crippen LogP contribution in [0.15, 0.2) is 18.3 Å². The predicted octanol–water partition coefficient (Wildman–Crippen LogP) is 1.51. The van der Waals surface area contributed by atoms with E-state index in [9.17, 15) is 0 Å². The molecule has 3 nitrogen and oxygen atoms in total. The van der Waals surface area contributed by atoms with E-state index in [2.05, 4.69) is 16.8 Å². The van der Waals surface area contributed by atoms with Crippen molar-refractivity contribution in [2.75, 3.05) is 24.2 Å². The Bertz CT molecular complexity index is 247. The number of pyridine rings is 1. The molecule has 0 aliphatic carbocycles. The third-order valence-electron chi connectivity index (χ3n) is 1.74. The van der Waals surface area contributed by atoms with Crippen LogP contribution < -0.4 is 10.6 Å². The Kier molecular flexibility index (Phi) is 2.91. The van der Waals surface area contributed by atoms with E-state index in [-0.39, 0.29) is 0 Å². The van der Waals surface area contributed by atoms with Crippen molar-refractivity contribution in [3.8, 4) is 0 Å². The predicted molar refractivity (Wildman–Crippen MR) is 52.2 cm³/mol. The summed E-state index contributed by atoms with van der Waals surface area (Å²) in [6.07, 6.45) is 2.87. The van der Waals surface area contributed by atoms with Crippen LogP contribution in [0.1, 0.15) is 13.3 Å².